The van der Waals surface area contributed by atoms with Crippen LogP contribution in [0.1, 0.15) is 0 Å². The molecule has 0 aliphatic heterocycles. The molecule has 0 atom stereocenters. The molecule has 0 spiro atoms. The Morgan fingerprint density at radius 3 is 1.43 bits per heavy atom. The topological polar surface area (TPSA) is 48.8 Å². The maximum Gasteiger partial charge on any atom is 1.00 e. The van der Waals surface area contributed by atoms with Crippen molar-refractivity contribution in [2.75, 3.05) is 21.1 Å². The molecular weight excluding hydrogens is 85.0 g/mol. The Morgan fingerprint density at radius 2 is 1.43 bits per heavy atom. The number of hydrogen-bond acceptors (Lipinski definition) is 2. The smallest absolute Gasteiger partial charge is 0.693 e. The standard InChI is InChI=1S/C3H10N2.Li.H2N/c1-4-5(2)3;;/h4H,1-3H3;;1H2/q;+1;-1. The number of hydrazine groups is 1. The normalized spacial score (nSPS) is 6.86. The molecule has 0 unspecified atom stereocenters. The summed E-state index contributed by atoms with van der Waals surface area (Å²) in [6.45, 7) is 0. The number of hydrogen-bond donors (Lipinski definition) is 1. The Hall–Kier alpha value is 0.477. The van der Waals surface area contributed by atoms with Gasteiger partial charge in [0.2, 0.25) is 0 Å². The zero-order valence-corrected chi connectivity index (χ0v) is 5.52. The van der Waals surface area contributed by atoms with E-state index in [2.05, 4.69) is 5.43 Å². The van der Waals surface area contributed by atoms with E-state index in [0.717, 1.165) is 0 Å². The van der Waals surface area contributed by atoms with Crippen molar-refractivity contribution < 1.29 is 18.9 Å². The molecule has 7 heavy (non-hydrogen) atoms. The zero-order chi connectivity index (χ0) is 4.28. The summed E-state index contributed by atoms with van der Waals surface area (Å²) in [6.07, 6.45) is 0. The van der Waals surface area contributed by atoms with E-state index in [4.69, 9.17) is 0 Å². The van der Waals surface area contributed by atoms with Gasteiger partial charge in [0.05, 0.1) is 0 Å². The molecule has 0 rings (SSSR count). The van der Waals surface area contributed by atoms with Gasteiger partial charge in [0.15, 0.2) is 0 Å². The first-order valence-corrected chi connectivity index (χ1v) is 1.62. The van der Waals surface area contributed by atoms with Gasteiger partial charge in [0, 0.05) is 14.1 Å². The van der Waals surface area contributed by atoms with Crippen LogP contribution in [0.25, 0.3) is 6.15 Å². The van der Waals surface area contributed by atoms with Gasteiger partial charge in [-0.15, -0.1) is 0 Å². The van der Waals surface area contributed by atoms with Crippen LogP contribution >= 0.6 is 0 Å². The molecule has 0 saturated heterocycles. The average Bonchev–Trinajstić information content (AvgIpc) is 1.38. The van der Waals surface area contributed by atoms with Crippen LogP contribution in [0.3, 0.4) is 0 Å². The first-order chi connectivity index (χ1) is 2.27. The van der Waals surface area contributed by atoms with Crippen molar-refractivity contribution in [2.24, 2.45) is 0 Å². The van der Waals surface area contributed by atoms with Crippen LogP contribution in [0.2, 0.25) is 0 Å². The van der Waals surface area contributed by atoms with Crippen LogP contribution in [0, 0.1) is 0 Å². The fraction of sp³-hybridized carbons (Fsp3) is 1.00. The van der Waals surface area contributed by atoms with Crippen LogP contribution in [0.15, 0.2) is 0 Å². The second-order valence-electron chi connectivity index (χ2n) is 1.12. The van der Waals surface area contributed by atoms with Gasteiger partial charge in [0.1, 0.15) is 0 Å². The monoisotopic (exact) mass is 97.1 g/mol. The van der Waals surface area contributed by atoms with Crippen molar-refractivity contribution >= 4 is 0 Å². The van der Waals surface area contributed by atoms with Crippen molar-refractivity contribution in [3.63, 3.8) is 0 Å². The molecule has 3 N–H and O–H groups in total. The van der Waals surface area contributed by atoms with Gasteiger partial charge in [-0.3, -0.25) is 10.4 Å². The van der Waals surface area contributed by atoms with E-state index in [1.54, 1.807) is 0 Å². The third-order valence-electron chi connectivity index (χ3n) is 0.447. The van der Waals surface area contributed by atoms with Crippen molar-refractivity contribution in [1.29, 1.82) is 0 Å². The van der Waals surface area contributed by atoms with E-state index in [1.807, 2.05) is 26.2 Å². The third kappa shape index (κ3) is 21.2. The largest absolute Gasteiger partial charge is 1.00 e. The van der Waals surface area contributed by atoms with Gasteiger partial charge >= 0.3 is 18.9 Å². The molecule has 0 aliphatic rings. The Morgan fingerprint density at radius 1 is 1.29 bits per heavy atom. The predicted octanol–water partition coefficient (Wildman–Crippen LogP) is -2.60. The molecule has 40 valence electrons. The fourth-order valence-electron chi connectivity index (χ4n) is 0. The van der Waals surface area contributed by atoms with Crippen LogP contribution in [0.4, 0.5) is 0 Å². The minimum absolute atomic E-state index is 0. The van der Waals surface area contributed by atoms with Crippen molar-refractivity contribution in [1.82, 2.24) is 10.4 Å². The van der Waals surface area contributed by atoms with Crippen LogP contribution in [-0.2, 0) is 0 Å². The molecule has 4 heteroatoms. The number of nitrogens with one attached hydrogen (secondary N) is 1. The van der Waals surface area contributed by atoms with E-state index in [0.29, 0.717) is 0 Å². The summed E-state index contributed by atoms with van der Waals surface area (Å²) in [6, 6.07) is 0. The average molecular weight is 97.1 g/mol. The molecule has 0 bridgehead atoms. The zero-order valence-electron chi connectivity index (χ0n) is 5.52. The Kier molecular flexibility index (Phi) is 21.7. The summed E-state index contributed by atoms with van der Waals surface area (Å²) in [5.74, 6) is 0. The molecule has 0 saturated carbocycles. The Bertz CT molecular complexity index is 24.1. The van der Waals surface area contributed by atoms with Gasteiger partial charge in [-0.25, -0.2) is 0 Å². The van der Waals surface area contributed by atoms with Crippen molar-refractivity contribution in [3.05, 3.63) is 6.15 Å². The quantitative estimate of drug-likeness (QED) is 0.288. The first kappa shape index (κ1) is 15.6. The maximum absolute atomic E-state index is 2.86. The second kappa shape index (κ2) is 9.69. The Labute approximate surface area is 57.2 Å². The molecule has 0 aromatic rings. The van der Waals surface area contributed by atoms with E-state index in [9.17, 15) is 0 Å². The minimum Gasteiger partial charge on any atom is -0.693 e. The summed E-state index contributed by atoms with van der Waals surface area (Å²) in [7, 11) is 5.76. The van der Waals surface area contributed by atoms with Crippen LogP contribution in [0.5, 0.6) is 0 Å². The van der Waals surface area contributed by atoms with E-state index in [-0.39, 0.29) is 25.0 Å². The van der Waals surface area contributed by atoms with E-state index in [1.165, 1.54) is 0 Å². The van der Waals surface area contributed by atoms with Gasteiger partial charge in [0.25, 0.3) is 0 Å². The predicted molar refractivity (Wildman–Crippen MR) is 28.0 cm³/mol. The summed E-state index contributed by atoms with van der Waals surface area (Å²) in [5, 5.41) is 1.88. The van der Waals surface area contributed by atoms with Gasteiger partial charge in [-0.05, 0) is 7.05 Å². The molecule has 0 fully saturated rings. The second-order valence-corrected chi connectivity index (χ2v) is 1.12. The molecule has 0 amide bonds. The van der Waals surface area contributed by atoms with Crippen molar-refractivity contribution in [3.8, 4) is 0 Å². The number of rotatable bonds is 1. The molecule has 3 nitrogen and oxygen atoms in total. The molecule has 0 aliphatic carbocycles. The molecule has 0 aromatic heterocycles. The minimum atomic E-state index is 0. The first-order valence-electron chi connectivity index (χ1n) is 1.62. The number of nitrogens with two attached hydrogens (primary N) is 1. The van der Waals surface area contributed by atoms with Crippen molar-refractivity contribution in [2.45, 2.75) is 0 Å². The molecule has 0 aromatic carbocycles. The number of nitrogens with zero attached hydrogens (tertiary/aromatic N) is 1. The van der Waals surface area contributed by atoms with E-state index >= 15 is 0 Å². The summed E-state index contributed by atoms with van der Waals surface area (Å²) >= 11 is 0. The molecular formula is C3H12LiN3. The van der Waals surface area contributed by atoms with E-state index < -0.39 is 0 Å². The van der Waals surface area contributed by atoms with Gasteiger partial charge < -0.3 is 6.15 Å². The van der Waals surface area contributed by atoms with Gasteiger partial charge in [-0.2, -0.15) is 0 Å². The SMILES string of the molecule is CNN(C)C.[Li+].[NH2-]. The van der Waals surface area contributed by atoms with Crippen LogP contribution in [-0.4, -0.2) is 26.2 Å². The molecule has 0 heterocycles. The Balaban J connectivity index is -0.0000000800. The van der Waals surface area contributed by atoms with Gasteiger partial charge in [-0.1, -0.05) is 0 Å². The fourth-order valence-corrected chi connectivity index (χ4v) is 0. The third-order valence-corrected chi connectivity index (χ3v) is 0.447. The molecule has 0 radical (unpaired) electrons. The summed E-state index contributed by atoms with van der Waals surface area (Å²) in [5.41, 5.74) is 2.86. The van der Waals surface area contributed by atoms with Crippen LogP contribution < -0.4 is 24.3 Å². The summed E-state index contributed by atoms with van der Waals surface area (Å²) in [4.78, 5) is 0. The summed E-state index contributed by atoms with van der Waals surface area (Å²) < 4.78 is 0. The maximum atomic E-state index is 2.86.